The summed E-state index contributed by atoms with van der Waals surface area (Å²) in [5.74, 6) is -7.35. The molecular weight excluding hydrogens is 376 g/mol. The fourth-order valence-corrected chi connectivity index (χ4v) is 5.08. The highest BCUT2D eigenvalue weighted by atomic mass is 32.2. The van der Waals surface area contributed by atoms with Gasteiger partial charge < -0.3 is 9.47 Å². The first-order valence-electron chi connectivity index (χ1n) is 7.40. The normalized spacial score (nSPS) is 36.2. The summed E-state index contributed by atoms with van der Waals surface area (Å²) in [5.41, 5.74) is -4.03. The third-order valence-corrected chi connectivity index (χ3v) is 6.03. The van der Waals surface area contributed by atoms with Crippen molar-refractivity contribution in [2.45, 2.75) is 30.7 Å². The SMILES string of the molecule is O=C1OC2CC3CC2C1[C@@H]3C(=O)OC(CF)(CS(=O)(=O)O)C(F)(F)F. The Morgan fingerprint density at radius 2 is 1.96 bits per heavy atom. The van der Waals surface area contributed by atoms with Crippen LogP contribution in [0.15, 0.2) is 0 Å². The molecule has 6 atom stereocenters. The molecule has 25 heavy (non-hydrogen) atoms. The maximum Gasteiger partial charge on any atom is 0.432 e. The van der Waals surface area contributed by atoms with Crippen molar-refractivity contribution < 1.29 is 49.6 Å². The number of alkyl halides is 4. The average Bonchev–Trinajstić information content (AvgIpc) is 3.04. The molecule has 0 aromatic rings. The van der Waals surface area contributed by atoms with Crippen LogP contribution < -0.4 is 0 Å². The minimum atomic E-state index is -5.58. The topological polar surface area (TPSA) is 107 Å². The molecule has 0 spiro atoms. The fourth-order valence-electron chi connectivity index (χ4n) is 4.19. The summed E-state index contributed by atoms with van der Waals surface area (Å²) in [6.07, 6.45) is -5.27. The Labute approximate surface area is 139 Å². The molecule has 142 valence electrons. The zero-order chi connectivity index (χ0) is 18.8. The number of hydrogen-bond donors (Lipinski definition) is 1. The van der Waals surface area contributed by atoms with Crippen molar-refractivity contribution in [1.82, 2.24) is 0 Å². The van der Waals surface area contributed by atoms with Gasteiger partial charge in [0.15, 0.2) is 0 Å². The summed E-state index contributed by atoms with van der Waals surface area (Å²) in [6, 6.07) is 0. The monoisotopic (exact) mass is 390 g/mol. The van der Waals surface area contributed by atoms with Gasteiger partial charge in [0.2, 0.25) is 0 Å². The van der Waals surface area contributed by atoms with Crippen molar-refractivity contribution in [1.29, 1.82) is 0 Å². The van der Waals surface area contributed by atoms with Crippen LogP contribution in [0.1, 0.15) is 12.8 Å². The van der Waals surface area contributed by atoms with E-state index in [-0.39, 0.29) is 12.0 Å². The van der Waals surface area contributed by atoms with Crippen LogP contribution >= 0.6 is 0 Å². The number of hydrogen-bond acceptors (Lipinski definition) is 6. The first kappa shape index (κ1) is 18.4. The second-order valence-corrected chi connectivity index (χ2v) is 8.15. The van der Waals surface area contributed by atoms with E-state index >= 15 is 0 Å². The number of carbonyl (C=O) groups excluding carboxylic acids is 2. The van der Waals surface area contributed by atoms with Gasteiger partial charge in [0, 0.05) is 5.92 Å². The Hall–Kier alpha value is -1.43. The number of esters is 2. The average molecular weight is 390 g/mol. The predicted molar refractivity (Wildman–Crippen MR) is 70.3 cm³/mol. The van der Waals surface area contributed by atoms with Crippen LogP contribution in [0.25, 0.3) is 0 Å². The fraction of sp³-hybridized carbons (Fsp3) is 0.846. The lowest BCUT2D eigenvalue weighted by Gasteiger charge is -2.34. The first-order chi connectivity index (χ1) is 11.4. The van der Waals surface area contributed by atoms with E-state index in [1.54, 1.807) is 0 Å². The minimum Gasteiger partial charge on any atom is -0.462 e. The Kier molecular flexibility index (Phi) is 4.06. The standard InChI is InChI=1S/C13H14F4O7S/c14-3-12(13(15,16)17,4-25(20,21)22)24-11(19)8-5-1-6-7(2-5)23-10(18)9(6)8/h5-9H,1-4H2,(H,20,21,22)/t5?,6?,7?,8-,9?,12?/m1/s1. The largest absolute Gasteiger partial charge is 0.462 e. The molecule has 0 aromatic carbocycles. The van der Waals surface area contributed by atoms with Gasteiger partial charge in [-0.2, -0.15) is 21.6 Å². The molecule has 12 heteroatoms. The van der Waals surface area contributed by atoms with Gasteiger partial charge >= 0.3 is 18.1 Å². The molecule has 2 aliphatic carbocycles. The molecule has 2 bridgehead atoms. The van der Waals surface area contributed by atoms with Gasteiger partial charge in [-0.1, -0.05) is 0 Å². The lowest BCUT2D eigenvalue weighted by Crippen LogP contribution is -2.57. The lowest BCUT2D eigenvalue weighted by atomic mass is 9.80. The molecule has 2 saturated carbocycles. The summed E-state index contributed by atoms with van der Waals surface area (Å²) in [6.45, 7) is -2.39. The van der Waals surface area contributed by atoms with Gasteiger partial charge in [-0.15, -0.1) is 0 Å². The van der Waals surface area contributed by atoms with Crippen molar-refractivity contribution in [3.05, 3.63) is 0 Å². The number of carbonyl (C=O) groups is 2. The zero-order valence-corrected chi connectivity index (χ0v) is 13.3. The van der Waals surface area contributed by atoms with E-state index in [2.05, 4.69) is 4.74 Å². The predicted octanol–water partition coefficient (Wildman–Crippen LogP) is 0.886. The molecule has 1 N–H and O–H groups in total. The highest BCUT2D eigenvalue weighted by Crippen LogP contribution is 2.58. The van der Waals surface area contributed by atoms with Crippen LogP contribution in [0.5, 0.6) is 0 Å². The number of ether oxygens (including phenoxy) is 2. The van der Waals surface area contributed by atoms with Gasteiger partial charge in [0.05, 0.1) is 11.8 Å². The van der Waals surface area contributed by atoms with E-state index in [0.717, 1.165) is 0 Å². The van der Waals surface area contributed by atoms with Gasteiger partial charge in [-0.3, -0.25) is 14.1 Å². The van der Waals surface area contributed by atoms with E-state index in [9.17, 15) is 35.6 Å². The third kappa shape index (κ3) is 2.88. The minimum absolute atomic E-state index is 0.291. The van der Waals surface area contributed by atoms with Crippen molar-refractivity contribution in [3.8, 4) is 0 Å². The van der Waals surface area contributed by atoms with E-state index in [1.165, 1.54) is 0 Å². The van der Waals surface area contributed by atoms with Crippen LogP contribution in [0.4, 0.5) is 17.6 Å². The first-order valence-corrected chi connectivity index (χ1v) is 9.01. The van der Waals surface area contributed by atoms with Crippen molar-refractivity contribution in [2.24, 2.45) is 23.7 Å². The smallest absolute Gasteiger partial charge is 0.432 e. The second-order valence-electron chi connectivity index (χ2n) is 6.70. The number of fused-ring (bicyclic) bond motifs is 1. The van der Waals surface area contributed by atoms with Crippen LogP contribution in [-0.4, -0.2) is 55.2 Å². The maximum absolute atomic E-state index is 13.2. The Bertz CT molecular complexity index is 704. The molecule has 0 radical (unpaired) electrons. The molecular formula is C13H14F4O7S. The lowest BCUT2D eigenvalue weighted by molar-refractivity contribution is -0.268. The molecule has 5 unspecified atom stereocenters. The Morgan fingerprint density at radius 3 is 2.48 bits per heavy atom. The molecule has 0 amide bonds. The van der Waals surface area contributed by atoms with E-state index < -0.39 is 64.0 Å². The number of rotatable bonds is 5. The van der Waals surface area contributed by atoms with Gasteiger partial charge in [-0.25, -0.2) is 4.39 Å². The zero-order valence-electron chi connectivity index (χ0n) is 12.5. The van der Waals surface area contributed by atoms with Gasteiger partial charge in [0.25, 0.3) is 15.7 Å². The summed E-state index contributed by atoms with van der Waals surface area (Å²) in [4.78, 5) is 24.1. The molecule has 3 rings (SSSR count). The van der Waals surface area contributed by atoms with Crippen LogP contribution in [-0.2, 0) is 29.2 Å². The number of halogens is 4. The summed E-state index contributed by atoms with van der Waals surface area (Å²) < 4.78 is 92.6. The van der Waals surface area contributed by atoms with Crippen molar-refractivity contribution >= 4 is 22.1 Å². The van der Waals surface area contributed by atoms with E-state index in [1.807, 2.05) is 0 Å². The van der Waals surface area contributed by atoms with Crippen LogP contribution in [0.2, 0.25) is 0 Å². The molecule has 3 fully saturated rings. The molecule has 1 saturated heterocycles. The molecule has 1 heterocycles. The Balaban J connectivity index is 1.87. The molecule has 1 aliphatic heterocycles. The summed E-state index contributed by atoms with van der Waals surface area (Å²) in [5, 5.41) is 0. The Morgan fingerprint density at radius 1 is 1.32 bits per heavy atom. The third-order valence-electron chi connectivity index (χ3n) is 5.20. The van der Waals surface area contributed by atoms with E-state index in [0.29, 0.717) is 12.8 Å². The van der Waals surface area contributed by atoms with E-state index in [4.69, 9.17) is 9.29 Å². The highest BCUT2D eigenvalue weighted by molar-refractivity contribution is 7.85. The van der Waals surface area contributed by atoms with Crippen molar-refractivity contribution in [2.75, 3.05) is 12.4 Å². The molecule has 3 aliphatic rings. The van der Waals surface area contributed by atoms with Crippen LogP contribution in [0, 0.1) is 23.7 Å². The maximum atomic E-state index is 13.2. The van der Waals surface area contributed by atoms with Gasteiger partial charge in [0.1, 0.15) is 18.5 Å². The quantitative estimate of drug-likeness (QED) is 0.422. The van der Waals surface area contributed by atoms with Gasteiger partial charge in [-0.05, 0) is 18.8 Å². The van der Waals surface area contributed by atoms with Crippen molar-refractivity contribution in [3.63, 3.8) is 0 Å². The van der Waals surface area contributed by atoms with Crippen LogP contribution in [0.3, 0.4) is 0 Å². The summed E-state index contributed by atoms with van der Waals surface area (Å²) >= 11 is 0. The second kappa shape index (κ2) is 5.53. The molecule has 7 nitrogen and oxygen atoms in total. The molecule has 0 aromatic heterocycles. The summed E-state index contributed by atoms with van der Waals surface area (Å²) in [7, 11) is -5.31. The highest BCUT2D eigenvalue weighted by Gasteiger charge is 2.67.